The van der Waals surface area contributed by atoms with Crippen LogP contribution in [0, 0.1) is 13.8 Å². The monoisotopic (exact) mass is 506 g/mol. The summed E-state index contributed by atoms with van der Waals surface area (Å²) in [6.07, 6.45) is 0. The summed E-state index contributed by atoms with van der Waals surface area (Å²) in [4.78, 5) is 12.5. The first kappa shape index (κ1) is 23.3. The summed E-state index contributed by atoms with van der Waals surface area (Å²) in [5.41, 5.74) is 6.90. The molecule has 0 radical (unpaired) electrons. The Balaban J connectivity index is 2.08. The molecule has 0 amide bonds. The second-order valence-corrected chi connectivity index (χ2v) is 9.73. The molecule has 2 N–H and O–H groups in total. The van der Waals surface area contributed by atoms with E-state index in [9.17, 15) is 15.0 Å². The van der Waals surface area contributed by atoms with Crippen molar-refractivity contribution in [1.82, 2.24) is 0 Å². The third kappa shape index (κ3) is 4.35. The Hall–Kier alpha value is -2.89. The van der Waals surface area contributed by atoms with Gasteiger partial charge in [0, 0.05) is 10.5 Å². The summed E-state index contributed by atoms with van der Waals surface area (Å²) >= 11 is 3.48. The van der Waals surface area contributed by atoms with Gasteiger partial charge in [0.05, 0.1) is 5.92 Å². The molecule has 0 fully saturated rings. The zero-order chi connectivity index (χ0) is 23.9. The quantitative estimate of drug-likeness (QED) is 0.318. The Labute approximate surface area is 202 Å². The van der Waals surface area contributed by atoms with Gasteiger partial charge in [0.25, 0.3) is 0 Å². The first-order chi connectivity index (χ1) is 15.7. The normalized spacial score (nSPS) is 12.5. The number of aryl methyl sites for hydroxylation is 2. The van der Waals surface area contributed by atoms with Crippen LogP contribution >= 0.6 is 15.9 Å². The minimum atomic E-state index is -0.570. The number of aromatic hydroxyl groups is 1. The van der Waals surface area contributed by atoms with E-state index in [2.05, 4.69) is 67.9 Å². The summed E-state index contributed by atoms with van der Waals surface area (Å²) in [6.45, 7) is 8.08. The van der Waals surface area contributed by atoms with Crippen molar-refractivity contribution in [2.24, 2.45) is 0 Å². The molecule has 4 nitrogen and oxygen atoms in total. The van der Waals surface area contributed by atoms with E-state index in [1.807, 2.05) is 24.3 Å². The minimum Gasteiger partial charge on any atom is -0.502 e. The van der Waals surface area contributed by atoms with Crippen LogP contribution in [0.2, 0.25) is 0 Å². The predicted octanol–water partition coefficient (Wildman–Crippen LogP) is 6.63. The number of rotatable bonds is 5. The van der Waals surface area contributed by atoms with Crippen molar-refractivity contribution in [3.63, 3.8) is 0 Å². The van der Waals surface area contributed by atoms with Crippen molar-refractivity contribution in [1.29, 1.82) is 0 Å². The molecule has 0 bridgehead atoms. The van der Waals surface area contributed by atoms with Gasteiger partial charge < -0.3 is 14.6 Å². The average molecular weight is 507 g/mol. The Morgan fingerprint density at radius 1 is 0.939 bits per heavy atom. The van der Waals surface area contributed by atoms with Crippen LogP contribution in [0.25, 0.3) is 11.1 Å². The van der Waals surface area contributed by atoms with Gasteiger partial charge in [-0.2, -0.15) is 0 Å². The maximum Gasteiger partial charge on any atom is 0.227 e. The van der Waals surface area contributed by atoms with Crippen molar-refractivity contribution < 1.29 is 14.6 Å². The maximum atomic E-state index is 12.5. The van der Waals surface area contributed by atoms with Gasteiger partial charge >= 0.3 is 0 Å². The van der Waals surface area contributed by atoms with E-state index in [0.29, 0.717) is 5.92 Å². The zero-order valence-electron chi connectivity index (χ0n) is 19.1. The molecule has 33 heavy (non-hydrogen) atoms. The fraction of sp³-hybridized carbons (Fsp3) is 0.250. The van der Waals surface area contributed by atoms with E-state index < -0.39 is 23.7 Å². The number of hydrogen-bond acceptors (Lipinski definition) is 4. The molecule has 1 atom stereocenters. The van der Waals surface area contributed by atoms with E-state index >= 15 is 0 Å². The van der Waals surface area contributed by atoms with Crippen molar-refractivity contribution in [2.45, 2.75) is 46.1 Å². The lowest BCUT2D eigenvalue weighted by Gasteiger charge is -2.20. The van der Waals surface area contributed by atoms with Gasteiger partial charge in [-0.1, -0.05) is 66.2 Å². The molecule has 0 saturated heterocycles. The fourth-order valence-corrected chi connectivity index (χ4v) is 4.75. The van der Waals surface area contributed by atoms with Gasteiger partial charge in [-0.3, -0.25) is 4.79 Å². The lowest BCUT2D eigenvalue weighted by atomic mass is 9.86. The average Bonchev–Trinajstić information content (AvgIpc) is 2.99. The van der Waals surface area contributed by atoms with E-state index in [-0.39, 0.29) is 11.5 Å². The number of hydrogen-bond donors (Lipinski definition) is 2. The van der Waals surface area contributed by atoms with E-state index in [1.54, 1.807) is 0 Å². The first-order valence-electron chi connectivity index (χ1n) is 11.0. The SMILES string of the molecule is Cc1cc(C(c2ccc(Br)cc2)c2oc(CO)cc(=O)c2O)c2c(C)cc(C(C)C)ccc1-2. The highest BCUT2D eigenvalue weighted by atomic mass is 79.9. The lowest BCUT2D eigenvalue weighted by molar-refractivity contribution is 0.235. The second kappa shape index (κ2) is 9.16. The Bertz CT molecular complexity index is 1340. The van der Waals surface area contributed by atoms with Gasteiger partial charge in [-0.05, 0) is 70.8 Å². The number of aliphatic hydroxyl groups is 1. The molecule has 2 aromatic rings. The molecule has 5 heteroatoms. The van der Waals surface area contributed by atoms with Crippen LogP contribution < -0.4 is 5.43 Å². The molecule has 170 valence electrons. The number of halogens is 1. The molecule has 1 heterocycles. The van der Waals surface area contributed by atoms with Gasteiger partial charge in [0.2, 0.25) is 11.2 Å². The van der Waals surface area contributed by atoms with Crippen LogP contribution in [-0.4, -0.2) is 10.2 Å². The summed E-state index contributed by atoms with van der Waals surface area (Å²) in [5.74, 6) is -0.331. The van der Waals surface area contributed by atoms with Crippen molar-refractivity contribution in [3.8, 4) is 16.9 Å². The van der Waals surface area contributed by atoms with Crippen molar-refractivity contribution in [2.75, 3.05) is 0 Å². The number of aliphatic hydroxyl groups excluding tert-OH is 1. The van der Waals surface area contributed by atoms with E-state index in [0.717, 1.165) is 43.9 Å². The van der Waals surface area contributed by atoms with Crippen LogP contribution in [0.5, 0.6) is 5.75 Å². The molecular weight excluding hydrogens is 480 g/mol. The first-order valence-corrected chi connectivity index (χ1v) is 11.8. The van der Waals surface area contributed by atoms with Gasteiger partial charge in [-0.15, -0.1) is 0 Å². The van der Waals surface area contributed by atoms with Gasteiger partial charge in [0.1, 0.15) is 12.4 Å². The minimum absolute atomic E-state index is 0.117. The van der Waals surface area contributed by atoms with Crippen LogP contribution in [0.4, 0.5) is 0 Å². The molecule has 2 aliphatic carbocycles. The molecule has 1 aromatic heterocycles. The standard InChI is InChI=1S/C28H27BrO4/c1-15(2)19-7-10-22-16(3)12-23(25(22)17(4)11-19)26(18-5-8-20(29)9-6-18)28-27(32)24(31)13-21(14-30)33-28/h5-13,15,26,30,32H,14H2,1-4H3. The molecular formula is C28H27BrO4. The van der Waals surface area contributed by atoms with Crippen LogP contribution in [0.15, 0.2) is 68.3 Å². The van der Waals surface area contributed by atoms with Gasteiger partial charge in [-0.25, -0.2) is 0 Å². The maximum absolute atomic E-state index is 12.5. The van der Waals surface area contributed by atoms with Crippen LogP contribution in [-0.2, 0) is 6.61 Å². The van der Waals surface area contributed by atoms with E-state index in [1.165, 1.54) is 5.56 Å². The molecule has 0 aliphatic heterocycles. The third-order valence-corrected chi connectivity index (χ3v) is 6.70. The van der Waals surface area contributed by atoms with Crippen molar-refractivity contribution in [3.05, 3.63) is 109 Å². The Morgan fingerprint density at radius 2 is 1.61 bits per heavy atom. The zero-order valence-corrected chi connectivity index (χ0v) is 20.7. The molecule has 0 spiro atoms. The summed E-state index contributed by atoms with van der Waals surface area (Å²) in [5, 5.41) is 20.4. The fourth-order valence-electron chi connectivity index (χ4n) is 4.48. The second-order valence-electron chi connectivity index (χ2n) is 8.82. The molecule has 1 aromatic carbocycles. The largest absolute Gasteiger partial charge is 0.502 e. The lowest BCUT2D eigenvalue weighted by Crippen LogP contribution is -2.11. The third-order valence-electron chi connectivity index (χ3n) is 6.17. The summed E-state index contributed by atoms with van der Waals surface area (Å²) < 4.78 is 6.83. The molecule has 4 rings (SSSR count). The highest BCUT2D eigenvalue weighted by Gasteiger charge is 2.30. The van der Waals surface area contributed by atoms with Crippen molar-refractivity contribution >= 4 is 15.9 Å². The Morgan fingerprint density at radius 3 is 2.24 bits per heavy atom. The number of benzene rings is 1. The summed E-state index contributed by atoms with van der Waals surface area (Å²) in [6, 6.07) is 17.5. The molecule has 2 aliphatic rings. The predicted molar refractivity (Wildman–Crippen MR) is 134 cm³/mol. The molecule has 0 saturated carbocycles. The van der Waals surface area contributed by atoms with Crippen LogP contribution in [0.1, 0.15) is 65.0 Å². The smallest absolute Gasteiger partial charge is 0.227 e. The highest BCUT2D eigenvalue weighted by Crippen LogP contribution is 2.45. The molecule has 1 unspecified atom stereocenters. The number of fused-ring (bicyclic) bond motifs is 1. The van der Waals surface area contributed by atoms with E-state index in [4.69, 9.17) is 4.42 Å². The van der Waals surface area contributed by atoms with Crippen LogP contribution in [0.3, 0.4) is 0 Å². The summed E-state index contributed by atoms with van der Waals surface area (Å²) in [7, 11) is 0. The van der Waals surface area contributed by atoms with Gasteiger partial charge in [0.15, 0.2) is 5.76 Å². The Kier molecular flexibility index (Phi) is 6.46. The topological polar surface area (TPSA) is 70.7 Å². The highest BCUT2D eigenvalue weighted by molar-refractivity contribution is 9.10.